The van der Waals surface area contributed by atoms with Crippen molar-refractivity contribution >= 4 is 23.3 Å². The molecule has 25 heavy (non-hydrogen) atoms. The number of carbonyl (C=O) groups excluding carboxylic acids is 3. The number of methoxy groups -OCH3 is 1. The third-order valence-electron chi connectivity index (χ3n) is 3.54. The van der Waals surface area contributed by atoms with E-state index in [1.807, 2.05) is 0 Å². The highest BCUT2D eigenvalue weighted by atomic mass is 16.5. The van der Waals surface area contributed by atoms with Gasteiger partial charge in [0.1, 0.15) is 5.75 Å². The van der Waals surface area contributed by atoms with Crippen LogP contribution >= 0.6 is 0 Å². The maximum Gasteiger partial charge on any atom is 0.251 e. The van der Waals surface area contributed by atoms with E-state index in [-0.39, 0.29) is 30.6 Å². The van der Waals surface area contributed by atoms with E-state index < -0.39 is 0 Å². The van der Waals surface area contributed by atoms with Crippen LogP contribution in [-0.4, -0.2) is 31.3 Å². The Bertz CT molecular complexity index is 769. The van der Waals surface area contributed by atoms with Gasteiger partial charge in [0, 0.05) is 29.8 Å². The van der Waals surface area contributed by atoms with Crippen LogP contribution in [0.25, 0.3) is 0 Å². The maximum atomic E-state index is 12.0. The van der Waals surface area contributed by atoms with Gasteiger partial charge in [0.05, 0.1) is 7.11 Å². The molecule has 6 heteroatoms. The molecule has 2 rings (SSSR count). The Balaban J connectivity index is 1.79. The topological polar surface area (TPSA) is 84.5 Å². The zero-order valence-corrected chi connectivity index (χ0v) is 14.2. The lowest BCUT2D eigenvalue weighted by Crippen LogP contribution is -2.27. The molecule has 0 spiro atoms. The molecule has 0 aliphatic carbocycles. The van der Waals surface area contributed by atoms with Crippen molar-refractivity contribution in [2.45, 2.75) is 13.3 Å². The van der Waals surface area contributed by atoms with Crippen molar-refractivity contribution in [1.29, 1.82) is 0 Å². The van der Waals surface area contributed by atoms with Crippen LogP contribution < -0.4 is 15.4 Å². The maximum absolute atomic E-state index is 12.0. The highest BCUT2D eigenvalue weighted by molar-refractivity contribution is 5.96. The van der Waals surface area contributed by atoms with Crippen LogP contribution in [-0.2, 0) is 4.79 Å². The zero-order valence-electron chi connectivity index (χ0n) is 14.2. The SMILES string of the molecule is COc1cccc(C(=O)NCCC(=O)Nc2ccc(C(C)=O)cc2)c1. The van der Waals surface area contributed by atoms with Gasteiger partial charge < -0.3 is 15.4 Å². The molecule has 0 unspecified atom stereocenters. The minimum absolute atomic E-state index is 0.0295. The number of nitrogens with one attached hydrogen (secondary N) is 2. The van der Waals surface area contributed by atoms with Crippen molar-refractivity contribution in [3.63, 3.8) is 0 Å². The summed E-state index contributed by atoms with van der Waals surface area (Å²) in [5, 5.41) is 5.41. The summed E-state index contributed by atoms with van der Waals surface area (Å²) in [4.78, 5) is 35.1. The Morgan fingerprint density at radius 3 is 2.36 bits per heavy atom. The van der Waals surface area contributed by atoms with Gasteiger partial charge in [-0.05, 0) is 49.4 Å². The number of hydrogen-bond donors (Lipinski definition) is 2. The summed E-state index contributed by atoms with van der Waals surface area (Å²) in [6.07, 6.45) is 0.143. The molecule has 0 aromatic heterocycles. The molecule has 0 radical (unpaired) electrons. The summed E-state index contributed by atoms with van der Waals surface area (Å²) in [7, 11) is 1.53. The molecular weight excluding hydrogens is 320 g/mol. The van der Waals surface area contributed by atoms with Crippen molar-refractivity contribution in [2.75, 3.05) is 19.0 Å². The third-order valence-corrected chi connectivity index (χ3v) is 3.54. The number of amides is 2. The van der Waals surface area contributed by atoms with Crippen molar-refractivity contribution in [1.82, 2.24) is 5.32 Å². The molecule has 0 saturated carbocycles. The second-order valence-electron chi connectivity index (χ2n) is 5.42. The van der Waals surface area contributed by atoms with E-state index in [1.54, 1.807) is 48.5 Å². The molecule has 2 amide bonds. The number of ketones is 1. The van der Waals surface area contributed by atoms with Crippen LogP contribution in [0.2, 0.25) is 0 Å². The first-order valence-electron chi connectivity index (χ1n) is 7.82. The lowest BCUT2D eigenvalue weighted by Gasteiger charge is -2.08. The minimum Gasteiger partial charge on any atom is -0.497 e. The second kappa shape index (κ2) is 8.63. The van der Waals surface area contributed by atoms with Gasteiger partial charge in [-0.25, -0.2) is 0 Å². The fraction of sp³-hybridized carbons (Fsp3) is 0.211. The molecule has 2 aromatic rings. The summed E-state index contributed by atoms with van der Waals surface area (Å²) in [6.45, 7) is 1.70. The van der Waals surface area contributed by atoms with Crippen molar-refractivity contribution < 1.29 is 19.1 Å². The number of benzene rings is 2. The highest BCUT2D eigenvalue weighted by Gasteiger charge is 2.08. The van der Waals surface area contributed by atoms with Crippen molar-refractivity contribution in [3.05, 3.63) is 59.7 Å². The standard InChI is InChI=1S/C19H20N2O4/c1-13(22)14-6-8-16(9-7-14)21-18(23)10-11-20-19(24)15-4-3-5-17(12-15)25-2/h3-9,12H,10-11H2,1-2H3,(H,20,24)(H,21,23). The molecule has 6 nitrogen and oxygen atoms in total. The average molecular weight is 340 g/mol. The molecule has 0 saturated heterocycles. The van der Waals surface area contributed by atoms with Crippen LogP contribution in [0.1, 0.15) is 34.1 Å². The number of Topliss-reactive ketones (excluding diaryl/α,β-unsaturated/α-hetero) is 1. The fourth-order valence-corrected chi connectivity index (χ4v) is 2.17. The van der Waals surface area contributed by atoms with Gasteiger partial charge in [-0.15, -0.1) is 0 Å². The zero-order chi connectivity index (χ0) is 18.2. The monoisotopic (exact) mass is 340 g/mol. The number of hydrogen-bond acceptors (Lipinski definition) is 4. The Kier molecular flexibility index (Phi) is 6.28. The molecule has 0 atom stereocenters. The predicted octanol–water partition coefficient (Wildman–Crippen LogP) is 2.66. The smallest absolute Gasteiger partial charge is 0.251 e. The van der Waals surface area contributed by atoms with E-state index in [4.69, 9.17) is 4.74 Å². The van der Waals surface area contributed by atoms with Gasteiger partial charge in [0.2, 0.25) is 5.91 Å². The highest BCUT2D eigenvalue weighted by Crippen LogP contribution is 2.12. The van der Waals surface area contributed by atoms with Crippen LogP contribution in [0.15, 0.2) is 48.5 Å². The second-order valence-corrected chi connectivity index (χ2v) is 5.42. The van der Waals surface area contributed by atoms with Crippen LogP contribution in [0.4, 0.5) is 5.69 Å². The number of anilines is 1. The first-order valence-corrected chi connectivity index (χ1v) is 7.82. The Labute approximate surface area is 146 Å². The first kappa shape index (κ1) is 18.2. The van der Waals surface area contributed by atoms with Gasteiger partial charge in [-0.1, -0.05) is 6.07 Å². The molecule has 130 valence electrons. The molecule has 0 aliphatic heterocycles. The first-order chi connectivity index (χ1) is 12.0. The van der Waals surface area contributed by atoms with Gasteiger partial charge in [-0.2, -0.15) is 0 Å². The van der Waals surface area contributed by atoms with Gasteiger partial charge in [0.15, 0.2) is 5.78 Å². The molecule has 0 aliphatic rings. The number of rotatable bonds is 7. The summed E-state index contributed by atoms with van der Waals surface area (Å²) in [5.74, 6) is 0.0801. The summed E-state index contributed by atoms with van der Waals surface area (Å²) >= 11 is 0. The Hall–Kier alpha value is -3.15. The fourth-order valence-electron chi connectivity index (χ4n) is 2.17. The van der Waals surface area contributed by atoms with Crippen molar-refractivity contribution in [2.24, 2.45) is 0 Å². The van der Waals surface area contributed by atoms with Crippen LogP contribution in [0.5, 0.6) is 5.75 Å². The number of ether oxygens (including phenoxy) is 1. The molecule has 0 heterocycles. The molecule has 0 bridgehead atoms. The lowest BCUT2D eigenvalue weighted by molar-refractivity contribution is -0.116. The van der Waals surface area contributed by atoms with Gasteiger partial charge in [-0.3, -0.25) is 14.4 Å². The average Bonchev–Trinajstić information content (AvgIpc) is 2.62. The van der Waals surface area contributed by atoms with E-state index in [9.17, 15) is 14.4 Å². The van der Waals surface area contributed by atoms with E-state index in [0.29, 0.717) is 22.6 Å². The Morgan fingerprint density at radius 1 is 1.00 bits per heavy atom. The van der Waals surface area contributed by atoms with Gasteiger partial charge >= 0.3 is 0 Å². The quantitative estimate of drug-likeness (QED) is 0.759. The van der Waals surface area contributed by atoms with Gasteiger partial charge in [0.25, 0.3) is 5.91 Å². The number of carbonyl (C=O) groups is 3. The molecular formula is C19H20N2O4. The minimum atomic E-state index is -0.266. The van der Waals surface area contributed by atoms with E-state index in [0.717, 1.165) is 0 Å². The van der Waals surface area contributed by atoms with Crippen LogP contribution in [0, 0.1) is 0 Å². The largest absolute Gasteiger partial charge is 0.497 e. The molecule has 2 aromatic carbocycles. The lowest BCUT2D eigenvalue weighted by atomic mass is 10.1. The predicted molar refractivity (Wildman–Crippen MR) is 95.0 cm³/mol. The summed E-state index contributed by atoms with van der Waals surface area (Å²) < 4.78 is 5.07. The third kappa shape index (κ3) is 5.46. The Morgan fingerprint density at radius 2 is 1.72 bits per heavy atom. The molecule has 0 fully saturated rings. The summed E-state index contributed by atoms with van der Waals surface area (Å²) in [6, 6.07) is 13.4. The molecule has 2 N–H and O–H groups in total. The van der Waals surface area contributed by atoms with Crippen LogP contribution in [0.3, 0.4) is 0 Å². The van der Waals surface area contributed by atoms with Crippen molar-refractivity contribution in [3.8, 4) is 5.75 Å². The normalized spacial score (nSPS) is 10.0. The van der Waals surface area contributed by atoms with E-state index >= 15 is 0 Å². The summed E-state index contributed by atoms with van der Waals surface area (Å²) in [5.41, 5.74) is 1.66. The van der Waals surface area contributed by atoms with E-state index in [1.165, 1.54) is 14.0 Å². The van der Waals surface area contributed by atoms with E-state index in [2.05, 4.69) is 10.6 Å².